The second kappa shape index (κ2) is 9.41. The largest absolute Gasteiger partial charge is 0.509 e. The van der Waals surface area contributed by atoms with Crippen LogP contribution in [0.5, 0.6) is 0 Å². The first-order chi connectivity index (χ1) is 15.0. The van der Waals surface area contributed by atoms with Crippen molar-refractivity contribution in [2.75, 3.05) is 11.6 Å². The monoisotopic (exact) mass is 482 g/mol. The molecule has 11 heteroatoms. The number of aliphatic hydroxyl groups excluding tert-OH is 1. The second-order valence-electron chi connectivity index (χ2n) is 8.11. The highest BCUT2D eigenvalue weighted by Gasteiger charge is 2.55. The van der Waals surface area contributed by atoms with E-state index in [-0.39, 0.29) is 17.2 Å². The van der Waals surface area contributed by atoms with Crippen molar-refractivity contribution in [2.45, 2.75) is 43.9 Å². The first-order valence-electron chi connectivity index (χ1n) is 9.74. The number of hydrogen-bond acceptors (Lipinski definition) is 8. The van der Waals surface area contributed by atoms with E-state index in [1.54, 1.807) is 51.1 Å². The summed E-state index contributed by atoms with van der Waals surface area (Å²) in [6.07, 6.45) is -1.30. The van der Waals surface area contributed by atoms with E-state index in [9.17, 15) is 24.3 Å². The number of benzene rings is 1. The lowest BCUT2D eigenvalue weighted by atomic mass is 10.0. The van der Waals surface area contributed by atoms with Crippen molar-refractivity contribution < 1.29 is 33.8 Å². The summed E-state index contributed by atoms with van der Waals surface area (Å²) in [6, 6.07) is 7.34. The maximum absolute atomic E-state index is 12.9. The number of nitrogens with one attached hydrogen (secondary N) is 1. The number of thioether (sulfide) groups is 1. The van der Waals surface area contributed by atoms with Crippen LogP contribution in [0.4, 0.5) is 0 Å². The van der Waals surface area contributed by atoms with E-state index >= 15 is 0 Å². The lowest BCUT2D eigenvalue weighted by Gasteiger charge is -2.49. The molecule has 2 unspecified atom stereocenters. The Balaban J connectivity index is 1.76. The predicted octanol–water partition coefficient (Wildman–Crippen LogP) is 2.02. The zero-order valence-electron chi connectivity index (χ0n) is 17.7. The van der Waals surface area contributed by atoms with Gasteiger partial charge in [0.2, 0.25) is 6.10 Å². The number of hydrogen-bond donors (Lipinski definition) is 2. The third-order valence-corrected chi connectivity index (χ3v) is 6.02. The van der Waals surface area contributed by atoms with Gasteiger partial charge in [-0.1, -0.05) is 30.3 Å². The van der Waals surface area contributed by atoms with Gasteiger partial charge in [0.1, 0.15) is 28.7 Å². The van der Waals surface area contributed by atoms with Crippen molar-refractivity contribution in [2.24, 2.45) is 0 Å². The van der Waals surface area contributed by atoms with Crippen molar-refractivity contribution in [3.63, 3.8) is 0 Å². The van der Waals surface area contributed by atoms with Gasteiger partial charge in [0.25, 0.3) is 11.8 Å². The number of fused-ring (bicyclic) bond motifs is 1. The third-order valence-electron chi connectivity index (χ3n) is 4.54. The minimum atomic E-state index is -1.30. The standard InChI is InChI=1S/C21H23ClN2O7S/c1-21(2,3)31-20(29)15-12(25)10-32-19-14(18(28)24(15)19)23-17(27)16(30-13(26)9-22)11-7-5-4-6-8-11/h4-8,14,16,19,25H,9-10H2,1-3H3,(H,23,27)/t14?,16?,19-/m0/s1. The van der Waals surface area contributed by atoms with Gasteiger partial charge < -0.3 is 19.9 Å². The van der Waals surface area contributed by atoms with E-state index < -0.39 is 52.8 Å². The molecule has 2 aliphatic rings. The van der Waals surface area contributed by atoms with Gasteiger partial charge in [0.05, 0.1) is 5.75 Å². The minimum Gasteiger partial charge on any atom is -0.509 e. The lowest BCUT2D eigenvalue weighted by molar-refractivity contribution is -0.161. The molecule has 9 nitrogen and oxygen atoms in total. The molecule has 2 amide bonds. The number of ether oxygens (including phenoxy) is 2. The van der Waals surface area contributed by atoms with Crippen LogP contribution in [-0.4, -0.2) is 62.4 Å². The Morgan fingerprint density at radius 3 is 2.53 bits per heavy atom. The maximum Gasteiger partial charge on any atom is 0.359 e. The fraction of sp³-hybridized carbons (Fsp3) is 0.429. The Hall–Kier alpha value is -2.72. The molecule has 0 radical (unpaired) electrons. The quantitative estimate of drug-likeness (QED) is 0.359. The van der Waals surface area contributed by atoms with Gasteiger partial charge in [-0.2, -0.15) is 0 Å². The Morgan fingerprint density at radius 2 is 1.94 bits per heavy atom. The number of carbonyl (C=O) groups excluding carboxylic acids is 4. The molecule has 172 valence electrons. The molecule has 2 N–H and O–H groups in total. The normalized spacial score (nSPS) is 21.2. The molecule has 1 aromatic rings. The molecule has 2 heterocycles. The molecule has 1 aromatic carbocycles. The Bertz CT molecular complexity index is 961. The van der Waals surface area contributed by atoms with Crippen molar-refractivity contribution >= 4 is 47.1 Å². The van der Waals surface area contributed by atoms with E-state index in [1.807, 2.05) is 0 Å². The Morgan fingerprint density at radius 1 is 1.28 bits per heavy atom. The summed E-state index contributed by atoms with van der Waals surface area (Å²) >= 11 is 6.69. The van der Waals surface area contributed by atoms with E-state index in [4.69, 9.17) is 21.1 Å². The zero-order chi connectivity index (χ0) is 23.6. The predicted molar refractivity (Wildman–Crippen MR) is 117 cm³/mol. The Kier molecular flexibility index (Phi) is 7.04. The van der Waals surface area contributed by atoms with Gasteiger partial charge in [-0.05, 0) is 20.8 Å². The average molecular weight is 483 g/mol. The minimum absolute atomic E-state index is 0.0682. The van der Waals surface area contributed by atoms with Crippen LogP contribution in [-0.2, 0) is 28.7 Å². The molecule has 3 atom stereocenters. The highest BCUT2D eigenvalue weighted by atomic mass is 35.5. The maximum atomic E-state index is 12.9. The molecule has 3 rings (SSSR count). The molecule has 1 fully saturated rings. The van der Waals surface area contributed by atoms with Crippen molar-refractivity contribution in [3.8, 4) is 0 Å². The number of alkyl halides is 1. The van der Waals surface area contributed by atoms with Gasteiger partial charge in [0.15, 0.2) is 5.70 Å². The van der Waals surface area contributed by atoms with Gasteiger partial charge in [0, 0.05) is 5.56 Å². The number of aliphatic hydroxyl groups is 1. The summed E-state index contributed by atoms with van der Waals surface area (Å²) in [5.41, 5.74) is -0.635. The van der Waals surface area contributed by atoms with Crippen LogP contribution in [0.25, 0.3) is 0 Å². The summed E-state index contributed by atoms with van der Waals surface area (Å²) < 4.78 is 10.5. The van der Waals surface area contributed by atoms with Crippen molar-refractivity contribution in [1.82, 2.24) is 10.2 Å². The summed E-state index contributed by atoms with van der Waals surface area (Å²) in [6.45, 7) is 5.01. The fourth-order valence-corrected chi connectivity index (χ4v) is 4.48. The van der Waals surface area contributed by atoms with Crippen LogP contribution in [0.15, 0.2) is 41.8 Å². The molecule has 2 aliphatic heterocycles. The van der Waals surface area contributed by atoms with E-state index in [0.29, 0.717) is 5.56 Å². The highest BCUT2D eigenvalue weighted by Crippen LogP contribution is 2.40. The van der Waals surface area contributed by atoms with Crippen molar-refractivity contribution in [3.05, 3.63) is 47.4 Å². The van der Waals surface area contributed by atoms with Gasteiger partial charge >= 0.3 is 11.9 Å². The van der Waals surface area contributed by atoms with Crippen LogP contribution in [0.3, 0.4) is 0 Å². The topological polar surface area (TPSA) is 122 Å². The molecule has 0 saturated carbocycles. The molecule has 0 aromatic heterocycles. The summed E-state index contributed by atoms with van der Waals surface area (Å²) in [5, 5.41) is 12.2. The molecular weight excluding hydrogens is 460 g/mol. The molecule has 0 aliphatic carbocycles. The highest BCUT2D eigenvalue weighted by molar-refractivity contribution is 8.00. The second-order valence-corrected chi connectivity index (χ2v) is 9.48. The lowest BCUT2D eigenvalue weighted by Crippen LogP contribution is -2.71. The SMILES string of the molecule is CC(C)(C)OC(=O)C1=C(O)CS[C@H]2C(NC(=O)C(OC(=O)CCl)c3ccccc3)C(=O)N12. The van der Waals surface area contributed by atoms with Crippen LogP contribution in [0, 0.1) is 0 Å². The smallest absolute Gasteiger partial charge is 0.359 e. The van der Waals surface area contributed by atoms with Crippen LogP contribution in [0.1, 0.15) is 32.4 Å². The Labute approximate surface area is 194 Å². The molecule has 1 saturated heterocycles. The number of β-lactam (4-membered cyclic amide) rings is 1. The van der Waals surface area contributed by atoms with E-state index in [1.165, 1.54) is 11.8 Å². The summed E-state index contributed by atoms with van der Waals surface area (Å²) in [7, 11) is 0. The number of nitrogens with zero attached hydrogens (tertiary/aromatic N) is 1. The van der Waals surface area contributed by atoms with Crippen LogP contribution >= 0.6 is 23.4 Å². The van der Waals surface area contributed by atoms with Crippen LogP contribution < -0.4 is 5.32 Å². The zero-order valence-corrected chi connectivity index (χ0v) is 19.2. The number of esters is 2. The summed E-state index contributed by atoms with van der Waals surface area (Å²) in [5.74, 6) is -3.53. The van der Waals surface area contributed by atoms with Gasteiger partial charge in [-0.3, -0.25) is 19.3 Å². The summed E-state index contributed by atoms with van der Waals surface area (Å²) in [4.78, 5) is 51.1. The van der Waals surface area contributed by atoms with E-state index in [0.717, 1.165) is 4.90 Å². The number of halogens is 1. The van der Waals surface area contributed by atoms with Gasteiger partial charge in [-0.25, -0.2) is 4.79 Å². The molecule has 32 heavy (non-hydrogen) atoms. The molecule has 0 bridgehead atoms. The van der Waals surface area contributed by atoms with Crippen molar-refractivity contribution in [1.29, 1.82) is 0 Å². The van der Waals surface area contributed by atoms with Crippen LogP contribution in [0.2, 0.25) is 0 Å². The fourth-order valence-electron chi connectivity index (χ4n) is 3.21. The first-order valence-corrected chi connectivity index (χ1v) is 11.3. The third kappa shape index (κ3) is 5.02. The average Bonchev–Trinajstić information content (AvgIpc) is 2.74. The number of carbonyl (C=O) groups is 4. The molecular formula is C21H23ClN2O7S. The number of rotatable bonds is 6. The number of amides is 2. The molecule has 0 spiro atoms. The van der Waals surface area contributed by atoms with Gasteiger partial charge in [-0.15, -0.1) is 23.4 Å². The first kappa shape index (κ1) is 23.9. The van der Waals surface area contributed by atoms with E-state index in [2.05, 4.69) is 5.32 Å².